The fourth-order valence-electron chi connectivity index (χ4n) is 4.28. The molecule has 0 radical (unpaired) electrons. The van der Waals surface area contributed by atoms with Gasteiger partial charge < -0.3 is 19.3 Å². The highest BCUT2D eigenvalue weighted by Gasteiger charge is 2.35. The molecule has 0 unspecified atom stereocenters. The number of ether oxygens (including phenoxy) is 2. The SMILES string of the molecule is CCOc1ccc(CN2C(=O)c3ccccc3C2=O)cc1C(=O)N1CCN(C(=O)OC(C)(C)C)CC1. The summed E-state index contributed by atoms with van der Waals surface area (Å²) >= 11 is 0. The molecule has 0 atom stereocenters. The number of amides is 4. The molecule has 0 bridgehead atoms. The molecule has 0 N–H and O–H groups in total. The Hall–Kier alpha value is -3.88. The van der Waals surface area contributed by atoms with E-state index in [4.69, 9.17) is 9.47 Å². The van der Waals surface area contributed by atoms with Gasteiger partial charge in [0.15, 0.2) is 0 Å². The molecule has 36 heavy (non-hydrogen) atoms. The van der Waals surface area contributed by atoms with Crippen LogP contribution < -0.4 is 4.74 Å². The van der Waals surface area contributed by atoms with Crippen LogP contribution in [0.25, 0.3) is 0 Å². The lowest BCUT2D eigenvalue weighted by molar-refractivity contribution is 0.0140. The minimum atomic E-state index is -0.587. The van der Waals surface area contributed by atoms with Crippen LogP contribution in [0.1, 0.15) is 64.3 Å². The monoisotopic (exact) mass is 493 g/mol. The molecule has 0 spiro atoms. The van der Waals surface area contributed by atoms with Gasteiger partial charge in [-0.3, -0.25) is 19.3 Å². The van der Waals surface area contributed by atoms with Gasteiger partial charge in [-0.2, -0.15) is 0 Å². The van der Waals surface area contributed by atoms with Crippen molar-refractivity contribution in [2.45, 2.75) is 39.8 Å². The number of fused-ring (bicyclic) bond motifs is 1. The predicted molar refractivity (Wildman–Crippen MR) is 132 cm³/mol. The van der Waals surface area contributed by atoms with Crippen LogP contribution in [0, 0.1) is 0 Å². The second-order valence-corrected chi connectivity index (χ2v) is 9.77. The molecule has 190 valence electrons. The zero-order valence-corrected chi connectivity index (χ0v) is 21.1. The Morgan fingerprint density at radius 3 is 2.03 bits per heavy atom. The number of piperazine rings is 1. The first-order chi connectivity index (χ1) is 17.1. The molecule has 2 aliphatic heterocycles. The van der Waals surface area contributed by atoms with E-state index in [1.165, 1.54) is 4.90 Å². The van der Waals surface area contributed by atoms with Crippen molar-refractivity contribution in [3.8, 4) is 5.75 Å². The van der Waals surface area contributed by atoms with Crippen LogP contribution in [-0.4, -0.2) is 76.9 Å². The first-order valence-corrected chi connectivity index (χ1v) is 12.1. The average molecular weight is 494 g/mol. The summed E-state index contributed by atoms with van der Waals surface area (Å²) in [6.45, 7) is 9.13. The Morgan fingerprint density at radius 1 is 0.889 bits per heavy atom. The summed E-state index contributed by atoms with van der Waals surface area (Å²) in [6, 6.07) is 11.9. The summed E-state index contributed by atoms with van der Waals surface area (Å²) in [7, 11) is 0. The molecular weight excluding hydrogens is 462 g/mol. The van der Waals surface area contributed by atoms with E-state index in [1.54, 1.807) is 52.3 Å². The summed E-state index contributed by atoms with van der Waals surface area (Å²) in [5, 5.41) is 0. The molecule has 2 aliphatic rings. The molecule has 2 heterocycles. The fraction of sp³-hybridized carbons (Fsp3) is 0.407. The van der Waals surface area contributed by atoms with Gasteiger partial charge in [0.25, 0.3) is 17.7 Å². The van der Waals surface area contributed by atoms with Gasteiger partial charge in [-0.1, -0.05) is 18.2 Å². The normalized spacial score (nSPS) is 15.7. The number of benzene rings is 2. The Kier molecular flexibility index (Phi) is 7.01. The van der Waals surface area contributed by atoms with Gasteiger partial charge in [-0.25, -0.2) is 4.79 Å². The molecule has 4 amide bonds. The van der Waals surface area contributed by atoms with E-state index in [2.05, 4.69) is 0 Å². The maximum absolute atomic E-state index is 13.5. The maximum Gasteiger partial charge on any atom is 0.410 e. The third kappa shape index (κ3) is 5.19. The standard InChI is InChI=1S/C27H31N3O6/c1-5-35-22-11-10-18(17-30-24(32)19-8-6-7-9-20(19)25(30)33)16-21(22)23(31)28-12-14-29(15-13-28)26(34)36-27(2,3)4/h6-11,16H,5,12-15,17H2,1-4H3. The van der Waals surface area contributed by atoms with Gasteiger partial charge in [-0.05, 0) is 57.5 Å². The van der Waals surface area contributed by atoms with Crippen molar-refractivity contribution in [1.29, 1.82) is 0 Å². The highest BCUT2D eigenvalue weighted by Crippen LogP contribution is 2.27. The molecule has 1 saturated heterocycles. The topological polar surface area (TPSA) is 96.5 Å². The lowest BCUT2D eigenvalue weighted by Gasteiger charge is -2.35. The fourth-order valence-corrected chi connectivity index (χ4v) is 4.28. The van der Waals surface area contributed by atoms with Crippen LogP contribution in [0.3, 0.4) is 0 Å². The van der Waals surface area contributed by atoms with Gasteiger partial charge in [0.2, 0.25) is 0 Å². The summed E-state index contributed by atoms with van der Waals surface area (Å²) in [6.07, 6.45) is -0.396. The van der Waals surface area contributed by atoms with Crippen LogP contribution in [0.15, 0.2) is 42.5 Å². The van der Waals surface area contributed by atoms with Crippen molar-refractivity contribution in [2.24, 2.45) is 0 Å². The number of hydrogen-bond acceptors (Lipinski definition) is 6. The second kappa shape index (κ2) is 10.0. The molecule has 0 aromatic heterocycles. The molecule has 0 saturated carbocycles. The molecule has 2 aromatic rings. The van der Waals surface area contributed by atoms with Crippen molar-refractivity contribution in [2.75, 3.05) is 32.8 Å². The molecule has 9 nitrogen and oxygen atoms in total. The van der Waals surface area contributed by atoms with E-state index in [0.717, 1.165) is 0 Å². The van der Waals surface area contributed by atoms with Gasteiger partial charge >= 0.3 is 6.09 Å². The Labute approximate surface area is 210 Å². The van der Waals surface area contributed by atoms with Crippen molar-refractivity contribution < 1.29 is 28.7 Å². The van der Waals surface area contributed by atoms with Gasteiger partial charge in [0.05, 0.1) is 29.8 Å². The molecular formula is C27H31N3O6. The first-order valence-electron chi connectivity index (χ1n) is 12.1. The summed E-state index contributed by atoms with van der Waals surface area (Å²) in [5.74, 6) is -0.499. The third-order valence-corrected chi connectivity index (χ3v) is 6.01. The molecule has 1 fully saturated rings. The van der Waals surface area contributed by atoms with Crippen LogP contribution in [-0.2, 0) is 11.3 Å². The predicted octanol–water partition coefficient (Wildman–Crippen LogP) is 3.57. The van der Waals surface area contributed by atoms with Crippen LogP contribution >= 0.6 is 0 Å². The number of nitrogens with zero attached hydrogens (tertiary/aromatic N) is 3. The van der Waals surface area contributed by atoms with Crippen molar-refractivity contribution in [3.05, 3.63) is 64.7 Å². The van der Waals surface area contributed by atoms with Gasteiger partial charge in [0, 0.05) is 26.2 Å². The first kappa shape index (κ1) is 25.2. The molecule has 9 heteroatoms. The van der Waals surface area contributed by atoms with Gasteiger partial charge in [-0.15, -0.1) is 0 Å². The smallest absolute Gasteiger partial charge is 0.410 e. The van der Waals surface area contributed by atoms with Crippen molar-refractivity contribution in [1.82, 2.24) is 14.7 Å². The Balaban J connectivity index is 1.49. The number of rotatable bonds is 5. The molecule has 4 rings (SSSR count). The number of imide groups is 1. The zero-order valence-electron chi connectivity index (χ0n) is 21.1. The van der Waals surface area contributed by atoms with E-state index in [0.29, 0.717) is 60.8 Å². The van der Waals surface area contributed by atoms with Crippen molar-refractivity contribution in [3.63, 3.8) is 0 Å². The van der Waals surface area contributed by atoms with E-state index >= 15 is 0 Å². The second-order valence-electron chi connectivity index (χ2n) is 9.77. The minimum Gasteiger partial charge on any atom is -0.493 e. The number of hydrogen-bond donors (Lipinski definition) is 0. The summed E-state index contributed by atoms with van der Waals surface area (Å²) in [4.78, 5) is 55.8. The number of carbonyl (C=O) groups excluding carboxylic acids is 4. The van der Waals surface area contributed by atoms with Crippen LogP contribution in [0.4, 0.5) is 4.79 Å². The number of carbonyl (C=O) groups is 4. The summed E-state index contributed by atoms with van der Waals surface area (Å²) in [5.41, 5.74) is 1.18. The van der Waals surface area contributed by atoms with E-state index in [-0.39, 0.29) is 24.3 Å². The van der Waals surface area contributed by atoms with E-state index in [9.17, 15) is 19.2 Å². The van der Waals surface area contributed by atoms with Crippen LogP contribution in [0.2, 0.25) is 0 Å². The summed E-state index contributed by atoms with van der Waals surface area (Å²) < 4.78 is 11.1. The highest BCUT2D eigenvalue weighted by atomic mass is 16.6. The minimum absolute atomic E-state index is 0.0471. The van der Waals surface area contributed by atoms with Crippen LogP contribution in [0.5, 0.6) is 5.75 Å². The molecule has 0 aliphatic carbocycles. The van der Waals surface area contributed by atoms with E-state index in [1.807, 2.05) is 27.7 Å². The largest absolute Gasteiger partial charge is 0.493 e. The Morgan fingerprint density at radius 2 is 1.47 bits per heavy atom. The van der Waals surface area contributed by atoms with Gasteiger partial charge in [0.1, 0.15) is 11.4 Å². The lowest BCUT2D eigenvalue weighted by atomic mass is 10.1. The lowest BCUT2D eigenvalue weighted by Crippen LogP contribution is -2.51. The quantitative estimate of drug-likeness (QED) is 0.591. The van der Waals surface area contributed by atoms with Crippen molar-refractivity contribution >= 4 is 23.8 Å². The average Bonchev–Trinajstić information content (AvgIpc) is 3.08. The zero-order chi connectivity index (χ0) is 26.0. The third-order valence-electron chi connectivity index (χ3n) is 6.01. The maximum atomic E-state index is 13.5. The van der Waals surface area contributed by atoms with E-state index < -0.39 is 11.7 Å². The highest BCUT2D eigenvalue weighted by molar-refractivity contribution is 6.21. The molecule has 2 aromatic carbocycles. The Bertz CT molecular complexity index is 1160.